The molecule has 2 atom stereocenters. The Balaban J connectivity index is 1.81. The number of nitrogens with one attached hydrogen (secondary N) is 2. The number of amides is 2. The predicted molar refractivity (Wildman–Crippen MR) is 121 cm³/mol. The fraction of sp³-hybridized carbons (Fsp3) is 0.348. The van der Waals surface area contributed by atoms with Crippen molar-refractivity contribution in [1.82, 2.24) is 10.6 Å². The smallest absolute Gasteiger partial charge is 0.407 e. The third-order valence-corrected chi connectivity index (χ3v) is 4.89. The third kappa shape index (κ3) is 8.99. The number of carbonyl (C=O) groups is 3. The van der Waals surface area contributed by atoms with Crippen LogP contribution in [0.5, 0.6) is 5.75 Å². The third-order valence-electron chi connectivity index (χ3n) is 4.59. The van der Waals surface area contributed by atoms with Gasteiger partial charge in [0.05, 0.1) is 31.8 Å². The second-order valence-corrected chi connectivity index (χ2v) is 7.52. The minimum atomic E-state index is -1.18. The van der Waals surface area contributed by atoms with Crippen LogP contribution in [0.25, 0.3) is 0 Å². The van der Waals surface area contributed by atoms with E-state index in [1.165, 1.54) is 14.2 Å². The molecule has 3 N–H and O–H groups in total. The number of hydrogen-bond donors (Lipinski definition) is 3. The number of aliphatic hydroxyl groups excluding tert-OH is 1. The molecule has 0 saturated carbocycles. The number of rotatable bonds is 11. The summed E-state index contributed by atoms with van der Waals surface area (Å²) in [5.41, 5.74) is 1.50. The van der Waals surface area contributed by atoms with Crippen LogP contribution in [0.2, 0.25) is 5.02 Å². The molecule has 0 saturated heterocycles. The molecule has 178 valence electrons. The lowest BCUT2D eigenvalue weighted by molar-refractivity contribution is -0.145. The van der Waals surface area contributed by atoms with Crippen LogP contribution in [0.3, 0.4) is 0 Å². The standard InChI is InChI=1S/C23H27ClN2O7/c1-31-20-9-8-16(10-18(20)24)11-19(22(29)32-2)26-21(28)12-17(27)13-25-23(30)33-14-15-6-4-3-5-7-15/h3-10,17,19,27H,11-14H2,1-2H3,(H,25,30)(H,26,28)/t17-,19+/m0/s1. The highest BCUT2D eigenvalue weighted by Crippen LogP contribution is 2.25. The maximum atomic E-state index is 12.3. The molecule has 2 aromatic rings. The molecule has 0 aliphatic rings. The highest BCUT2D eigenvalue weighted by Gasteiger charge is 2.24. The van der Waals surface area contributed by atoms with E-state index in [4.69, 9.17) is 25.8 Å². The highest BCUT2D eigenvalue weighted by molar-refractivity contribution is 6.32. The van der Waals surface area contributed by atoms with Gasteiger partial charge in [0, 0.05) is 13.0 Å². The molecule has 0 fully saturated rings. The molecule has 0 aromatic heterocycles. The first-order chi connectivity index (χ1) is 15.8. The number of methoxy groups -OCH3 is 2. The van der Waals surface area contributed by atoms with E-state index in [1.54, 1.807) is 18.2 Å². The maximum absolute atomic E-state index is 12.3. The zero-order valence-corrected chi connectivity index (χ0v) is 19.1. The van der Waals surface area contributed by atoms with Crippen molar-refractivity contribution >= 4 is 29.6 Å². The minimum absolute atomic E-state index is 0.0828. The Morgan fingerprint density at radius 2 is 1.79 bits per heavy atom. The fourth-order valence-corrected chi connectivity index (χ4v) is 3.20. The Labute approximate surface area is 197 Å². The number of esters is 1. The largest absolute Gasteiger partial charge is 0.495 e. The Hall–Kier alpha value is -3.30. The summed E-state index contributed by atoms with van der Waals surface area (Å²) in [6.45, 7) is -0.114. The molecule has 0 spiro atoms. The molecular formula is C23H27ClN2O7. The van der Waals surface area contributed by atoms with Gasteiger partial charge in [0.2, 0.25) is 5.91 Å². The van der Waals surface area contributed by atoms with Crippen LogP contribution in [0.1, 0.15) is 17.5 Å². The molecular weight excluding hydrogens is 452 g/mol. The number of alkyl carbamates (subject to hydrolysis) is 1. The van der Waals surface area contributed by atoms with Crippen molar-refractivity contribution in [2.24, 2.45) is 0 Å². The Kier molecular flexibility index (Phi) is 10.5. The number of aliphatic hydroxyl groups is 1. The fourth-order valence-electron chi connectivity index (χ4n) is 2.92. The molecule has 0 radical (unpaired) electrons. The van der Waals surface area contributed by atoms with Crippen molar-refractivity contribution in [1.29, 1.82) is 0 Å². The van der Waals surface area contributed by atoms with Gasteiger partial charge in [-0.1, -0.05) is 48.0 Å². The summed E-state index contributed by atoms with van der Waals surface area (Å²) in [7, 11) is 2.70. The molecule has 9 nitrogen and oxygen atoms in total. The molecule has 0 unspecified atom stereocenters. The van der Waals surface area contributed by atoms with Gasteiger partial charge in [-0.25, -0.2) is 9.59 Å². The SMILES string of the molecule is COC(=O)[C@@H](Cc1ccc(OC)c(Cl)c1)NC(=O)C[C@H](O)CNC(=O)OCc1ccccc1. The molecule has 2 amide bonds. The van der Waals surface area contributed by atoms with E-state index in [0.29, 0.717) is 16.3 Å². The summed E-state index contributed by atoms with van der Waals surface area (Å²) in [6, 6.07) is 13.1. The summed E-state index contributed by atoms with van der Waals surface area (Å²) in [5, 5.41) is 15.4. The van der Waals surface area contributed by atoms with Gasteiger partial charge in [-0.05, 0) is 23.3 Å². The number of benzene rings is 2. The van der Waals surface area contributed by atoms with Gasteiger partial charge in [-0.3, -0.25) is 4.79 Å². The predicted octanol–water partition coefficient (Wildman–Crippen LogP) is 2.23. The van der Waals surface area contributed by atoms with Crippen molar-refractivity contribution in [3.05, 3.63) is 64.7 Å². The minimum Gasteiger partial charge on any atom is -0.495 e. The van der Waals surface area contributed by atoms with Crippen molar-refractivity contribution in [2.45, 2.75) is 31.6 Å². The van der Waals surface area contributed by atoms with Crippen molar-refractivity contribution in [2.75, 3.05) is 20.8 Å². The van der Waals surface area contributed by atoms with E-state index in [0.717, 1.165) is 5.56 Å². The van der Waals surface area contributed by atoms with Crippen molar-refractivity contribution < 1.29 is 33.7 Å². The lowest BCUT2D eigenvalue weighted by atomic mass is 10.1. The molecule has 2 aromatic carbocycles. The average molecular weight is 479 g/mol. The number of ether oxygens (including phenoxy) is 3. The topological polar surface area (TPSA) is 123 Å². The van der Waals surface area contributed by atoms with Crippen LogP contribution in [-0.4, -0.2) is 56.0 Å². The van der Waals surface area contributed by atoms with Crippen LogP contribution in [-0.2, 0) is 32.1 Å². The maximum Gasteiger partial charge on any atom is 0.407 e. The lowest BCUT2D eigenvalue weighted by Crippen LogP contribution is -2.45. The van der Waals surface area contributed by atoms with Gasteiger partial charge in [-0.15, -0.1) is 0 Å². The van der Waals surface area contributed by atoms with Crippen LogP contribution in [0.15, 0.2) is 48.5 Å². The average Bonchev–Trinajstić information content (AvgIpc) is 2.81. The Bertz CT molecular complexity index is 940. The van der Waals surface area contributed by atoms with Gasteiger partial charge < -0.3 is 30.0 Å². The normalized spacial score (nSPS) is 12.2. The molecule has 0 heterocycles. The summed E-state index contributed by atoms with van der Waals surface area (Å²) in [5.74, 6) is -0.749. The number of halogens is 1. The van der Waals surface area contributed by atoms with E-state index in [-0.39, 0.29) is 26.0 Å². The Morgan fingerprint density at radius 1 is 1.06 bits per heavy atom. The van der Waals surface area contributed by atoms with Crippen molar-refractivity contribution in [3.63, 3.8) is 0 Å². The van der Waals surface area contributed by atoms with Crippen molar-refractivity contribution in [3.8, 4) is 5.75 Å². The van der Waals surface area contributed by atoms with Gasteiger partial charge in [0.1, 0.15) is 18.4 Å². The van der Waals surface area contributed by atoms with E-state index in [1.807, 2.05) is 30.3 Å². The number of carbonyl (C=O) groups excluding carboxylic acids is 3. The van der Waals surface area contributed by atoms with E-state index in [9.17, 15) is 19.5 Å². The van der Waals surface area contributed by atoms with Crippen LogP contribution < -0.4 is 15.4 Å². The second kappa shape index (κ2) is 13.3. The molecule has 0 aliphatic heterocycles. The molecule has 0 bridgehead atoms. The summed E-state index contributed by atoms with van der Waals surface area (Å²) >= 11 is 6.11. The van der Waals surface area contributed by atoms with Gasteiger partial charge >= 0.3 is 12.1 Å². The van der Waals surface area contributed by atoms with E-state index in [2.05, 4.69) is 10.6 Å². The summed E-state index contributed by atoms with van der Waals surface area (Å²) in [6.07, 6.45) is -2.11. The lowest BCUT2D eigenvalue weighted by Gasteiger charge is -2.18. The quantitative estimate of drug-likeness (QED) is 0.423. The van der Waals surface area contributed by atoms with E-state index >= 15 is 0 Å². The first kappa shape index (κ1) is 26.0. The van der Waals surface area contributed by atoms with Crippen LogP contribution >= 0.6 is 11.6 Å². The molecule has 10 heteroatoms. The zero-order valence-electron chi connectivity index (χ0n) is 18.4. The number of hydrogen-bond acceptors (Lipinski definition) is 7. The van der Waals surface area contributed by atoms with Gasteiger partial charge in [-0.2, -0.15) is 0 Å². The molecule has 2 rings (SSSR count). The van der Waals surface area contributed by atoms with Gasteiger partial charge in [0.25, 0.3) is 0 Å². The van der Waals surface area contributed by atoms with E-state index < -0.39 is 30.1 Å². The zero-order chi connectivity index (χ0) is 24.2. The van der Waals surface area contributed by atoms with Crippen LogP contribution in [0.4, 0.5) is 4.79 Å². The van der Waals surface area contributed by atoms with Gasteiger partial charge in [0.15, 0.2) is 0 Å². The first-order valence-electron chi connectivity index (χ1n) is 10.1. The molecule has 33 heavy (non-hydrogen) atoms. The monoisotopic (exact) mass is 478 g/mol. The summed E-state index contributed by atoms with van der Waals surface area (Å²) in [4.78, 5) is 36.2. The highest BCUT2D eigenvalue weighted by atomic mass is 35.5. The Morgan fingerprint density at radius 3 is 2.42 bits per heavy atom. The first-order valence-corrected chi connectivity index (χ1v) is 10.5. The summed E-state index contributed by atoms with van der Waals surface area (Å²) < 4.78 is 14.9. The molecule has 0 aliphatic carbocycles. The second-order valence-electron chi connectivity index (χ2n) is 7.12. The van der Waals surface area contributed by atoms with Crippen LogP contribution in [0, 0.1) is 0 Å².